The number of aromatic nitrogens is 2. The van der Waals surface area contributed by atoms with E-state index in [9.17, 15) is 0 Å². The van der Waals surface area contributed by atoms with Gasteiger partial charge in [-0.15, -0.1) is 6.42 Å². The van der Waals surface area contributed by atoms with Gasteiger partial charge in [-0.05, 0) is 140 Å². The lowest BCUT2D eigenvalue weighted by atomic mass is 9.89. The van der Waals surface area contributed by atoms with E-state index in [1.54, 1.807) is 0 Å². The van der Waals surface area contributed by atoms with Crippen molar-refractivity contribution in [3.63, 3.8) is 0 Å². The second-order valence-electron chi connectivity index (χ2n) is 19.4. The summed E-state index contributed by atoms with van der Waals surface area (Å²) in [6.45, 7) is 14.3. The molecule has 0 radical (unpaired) electrons. The Kier molecular flexibility index (Phi) is 13.0. The molecule has 2 unspecified atom stereocenters. The molecular formula is C66H61N5. The van der Waals surface area contributed by atoms with Crippen molar-refractivity contribution in [1.82, 2.24) is 9.13 Å². The Morgan fingerprint density at radius 3 is 2.04 bits per heavy atom. The number of aliphatic imine (C=N–C) groups is 2. The van der Waals surface area contributed by atoms with Gasteiger partial charge in [0.2, 0.25) is 0 Å². The molecule has 71 heavy (non-hydrogen) atoms. The summed E-state index contributed by atoms with van der Waals surface area (Å²) < 4.78 is 5.02. The van der Waals surface area contributed by atoms with Gasteiger partial charge in [-0.3, -0.25) is 0 Å². The molecule has 5 nitrogen and oxygen atoms in total. The fourth-order valence-electron chi connectivity index (χ4n) is 10.3. The summed E-state index contributed by atoms with van der Waals surface area (Å²) in [5, 5.41) is 5.07. The van der Waals surface area contributed by atoms with Crippen molar-refractivity contribution in [2.75, 3.05) is 0 Å². The van der Waals surface area contributed by atoms with Crippen LogP contribution in [0.4, 0.5) is 0 Å². The molecule has 0 bridgehead atoms. The lowest BCUT2D eigenvalue weighted by molar-refractivity contribution is 0.493. The van der Waals surface area contributed by atoms with Crippen molar-refractivity contribution in [2.24, 2.45) is 15.7 Å². The molecule has 0 spiro atoms. The van der Waals surface area contributed by atoms with E-state index in [1.807, 2.05) is 45.9 Å². The Morgan fingerprint density at radius 2 is 1.37 bits per heavy atom. The van der Waals surface area contributed by atoms with Gasteiger partial charge in [-0.25, -0.2) is 9.98 Å². The Labute approximate surface area is 418 Å². The predicted molar refractivity (Wildman–Crippen MR) is 304 cm³/mol. The number of benzene rings is 7. The number of terminal acetylenes is 1. The Bertz CT molecular complexity index is 3650. The normalized spacial score (nSPS) is 15.5. The van der Waals surface area contributed by atoms with Crippen molar-refractivity contribution in [1.29, 1.82) is 0 Å². The summed E-state index contributed by atoms with van der Waals surface area (Å²) in [5.41, 5.74) is 22.5. The van der Waals surface area contributed by atoms with Gasteiger partial charge >= 0.3 is 0 Å². The Morgan fingerprint density at radius 1 is 0.732 bits per heavy atom. The summed E-state index contributed by atoms with van der Waals surface area (Å²) in [5.74, 6) is 3.54. The first kappa shape index (κ1) is 46.7. The van der Waals surface area contributed by atoms with E-state index in [-0.39, 0.29) is 6.04 Å². The van der Waals surface area contributed by atoms with Gasteiger partial charge in [0.05, 0.1) is 11.0 Å². The van der Waals surface area contributed by atoms with Gasteiger partial charge in [0.1, 0.15) is 6.04 Å². The first-order valence-electron chi connectivity index (χ1n) is 25.0. The number of nitrogens with zero attached hydrogens (tertiary/aromatic N) is 4. The maximum absolute atomic E-state index is 6.37. The van der Waals surface area contributed by atoms with Crippen LogP contribution < -0.4 is 5.73 Å². The monoisotopic (exact) mass is 923 g/mol. The van der Waals surface area contributed by atoms with E-state index >= 15 is 0 Å². The molecule has 0 amide bonds. The second-order valence-corrected chi connectivity index (χ2v) is 19.4. The van der Waals surface area contributed by atoms with Gasteiger partial charge in [0, 0.05) is 61.1 Å². The largest absolute Gasteiger partial charge is 0.337 e. The molecule has 350 valence electrons. The average Bonchev–Trinajstić information content (AvgIpc) is 3.92. The zero-order valence-corrected chi connectivity index (χ0v) is 41.5. The number of rotatable bonds is 12. The fourth-order valence-corrected chi connectivity index (χ4v) is 10.3. The highest BCUT2D eigenvalue weighted by atomic mass is 15.0. The highest BCUT2D eigenvalue weighted by Gasteiger charge is 2.24. The second kappa shape index (κ2) is 19.8. The summed E-state index contributed by atoms with van der Waals surface area (Å²) >= 11 is 0. The third-order valence-electron chi connectivity index (χ3n) is 14.3. The summed E-state index contributed by atoms with van der Waals surface area (Å²) in [6.07, 6.45) is 18.5. The van der Waals surface area contributed by atoms with Crippen molar-refractivity contribution >= 4 is 60.7 Å². The van der Waals surface area contributed by atoms with Crippen molar-refractivity contribution in [2.45, 2.75) is 77.9 Å². The molecule has 2 aromatic heterocycles. The Hall–Kier alpha value is -8.04. The van der Waals surface area contributed by atoms with Gasteiger partial charge in [-0.1, -0.05) is 165 Å². The van der Waals surface area contributed by atoms with E-state index in [0.29, 0.717) is 5.84 Å². The summed E-state index contributed by atoms with van der Waals surface area (Å²) in [6, 6.07) is 59.3. The van der Waals surface area contributed by atoms with Gasteiger partial charge in [0.25, 0.3) is 0 Å². The molecule has 0 aliphatic heterocycles. The van der Waals surface area contributed by atoms with Crippen LogP contribution in [0.3, 0.4) is 0 Å². The number of aryl methyl sites for hydroxylation is 1. The quantitative estimate of drug-likeness (QED) is 0.0564. The number of hydrogen-bond acceptors (Lipinski definition) is 2. The third-order valence-corrected chi connectivity index (χ3v) is 14.3. The fraction of sp³-hybridized carbons (Fsp3) is 0.182. The number of para-hydroxylation sites is 3. The molecule has 2 heterocycles. The van der Waals surface area contributed by atoms with Gasteiger partial charge in [0.15, 0.2) is 5.84 Å². The molecule has 10 rings (SSSR count). The highest BCUT2D eigenvalue weighted by molar-refractivity contribution is 6.13. The third kappa shape index (κ3) is 9.28. The van der Waals surface area contributed by atoms with Crippen molar-refractivity contribution in [3.8, 4) is 29.2 Å². The molecule has 9 aromatic rings. The molecule has 0 saturated heterocycles. The van der Waals surface area contributed by atoms with Crippen LogP contribution in [0.25, 0.3) is 66.0 Å². The molecule has 0 saturated carbocycles. The van der Waals surface area contributed by atoms with Gasteiger partial charge in [-0.2, -0.15) is 0 Å². The summed E-state index contributed by atoms with van der Waals surface area (Å²) in [7, 11) is 0. The van der Waals surface area contributed by atoms with Crippen LogP contribution in [0.1, 0.15) is 82.2 Å². The molecule has 2 N–H and O–H groups in total. The Balaban J connectivity index is 1.01. The minimum atomic E-state index is -0.586. The number of fused-ring (bicyclic) bond motifs is 6. The minimum Gasteiger partial charge on any atom is -0.337 e. The van der Waals surface area contributed by atoms with Gasteiger partial charge < -0.3 is 14.9 Å². The van der Waals surface area contributed by atoms with E-state index in [0.717, 1.165) is 64.9 Å². The van der Waals surface area contributed by atoms with E-state index in [1.165, 1.54) is 65.9 Å². The maximum Gasteiger partial charge on any atom is 0.156 e. The van der Waals surface area contributed by atoms with Crippen LogP contribution in [0.2, 0.25) is 0 Å². The van der Waals surface area contributed by atoms with Crippen LogP contribution in [-0.4, -0.2) is 32.3 Å². The minimum absolute atomic E-state index is 0.239. The zero-order valence-electron chi connectivity index (χ0n) is 41.5. The van der Waals surface area contributed by atoms with E-state index < -0.39 is 11.6 Å². The lowest BCUT2D eigenvalue weighted by Crippen LogP contribution is -2.33. The standard InChI is InChI=1S/C66H61N5/c1-8-46-33-36-48(37-34-46)45(5)68-65(69-60(10-3)47(9-2)35-32-44(4)66(6,7)67)53-23-17-20-49(40-53)50-21-18-25-55(41-50)71-63-31-16-13-28-58(63)59-39-38-52(43-64(59)71)51-22-19-24-54(42-51)70-61-29-14-11-26-56(61)57-27-12-15-30-62(57)70/h3,9,11-17,19-24,26-40,42-43,55,60H,4,8,18,25,41,67H2,1-2,5-7H3/b35-32-,47-9+,68-45?,69-65?. The zero-order chi connectivity index (χ0) is 49.2. The number of nitrogens with two attached hydrogens (primary N) is 1. The van der Waals surface area contributed by atoms with Crippen molar-refractivity contribution in [3.05, 3.63) is 228 Å². The lowest BCUT2D eigenvalue weighted by Gasteiger charge is -2.27. The van der Waals surface area contributed by atoms with E-state index in [2.05, 4.69) is 198 Å². The molecule has 1 aliphatic rings. The number of amidine groups is 1. The van der Waals surface area contributed by atoms with Crippen LogP contribution >= 0.6 is 0 Å². The number of hydrogen-bond donors (Lipinski definition) is 1. The van der Waals surface area contributed by atoms with Crippen LogP contribution in [0, 0.1) is 12.3 Å². The smallest absolute Gasteiger partial charge is 0.156 e. The molecule has 7 aromatic carbocycles. The van der Waals surface area contributed by atoms with Crippen LogP contribution in [-0.2, 0) is 6.42 Å². The molecule has 0 fully saturated rings. The topological polar surface area (TPSA) is 60.6 Å². The first-order valence-corrected chi connectivity index (χ1v) is 25.0. The molecule has 2 atom stereocenters. The number of allylic oxidation sites excluding steroid dienone is 3. The highest BCUT2D eigenvalue weighted by Crippen LogP contribution is 2.42. The average molecular weight is 924 g/mol. The predicted octanol–water partition coefficient (Wildman–Crippen LogP) is 16.0. The SMILES string of the molecule is C#CC(N=C(N=C(C)c1ccc(CC)cc1)c1cccc(C2=CCCC(n3c4ccccc4c4ccc(-c5cccc(-n6c7ccccc7c7ccccc76)c5)cc43)C2)c1)C(/C=C\C(=C)C(C)(C)N)=C/C. The molecule has 1 aliphatic carbocycles. The first-order chi connectivity index (χ1) is 34.5. The van der Waals surface area contributed by atoms with Crippen molar-refractivity contribution < 1.29 is 0 Å². The van der Waals surface area contributed by atoms with Crippen LogP contribution in [0.15, 0.2) is 216 Å². The van der Waals surface area contributed by atoms with Crippen LogP contribution in [0.5, 0.6) is 0 Å². The maximum atomic E-state index is 6.37. The molecule has 5 heteroatoms. The molecular weight excluding hydrogens is 863 g/mol. The summed E-state index contributed by atoms with van der Waals surface area (Å²) in [4.78, 5) is 10.5. The van der Waals surface area contributed by atoms with E-state index in [4.69, 9.17) is 22.1 Å².